The third kappa shape index (κ3) is 30.8. The summed E-state index contributed by atoms with van der Waals surface area (Å²) in [5, 5.41) is 25.5. The number of anilines is 1. The fraction of sp³-hybridized carbons (Fsp3) is 0.347. The second-order valence-electron chi connectivity index (χ2n) is 23.3. The molecule has 0 saturated heterocycles. The Kier molecular flexibility index (Phi) is 39.3. The van der Waals surface area contributed by atoms with Crippen LogP contribution in [-0.2, 0) is 58.0 Å². The molecule has 0 spiro atoms. The SMILES string of the molecule is CC(C)OC(=O)c1ccc2c(n1)OCCNC2.COC(=O)c1ccc(C)c(Cl)n1.COC(=O)c1ccc(C)c[n+]1O.COC(=O)c1ccc(C)cn1.COC(=O)c1ccc(CBr)c(Cl)n1.COC(=O)c1ccc(CCCCO)c(Cl)n1.Cc1ccc(NC(=O)N2CCOc3nc(C(=O)OC(C)C)ccc3C2)cc1. The van der Waals surface area contributed by atoms with Gasteiger partial charge < -0.3 is 63.3 Å². The van der Waals surface area contributed by atoms with Gasteiger partial charge in [0.1, 0.15) is 51.4 Å². The van der Waals surface area contributed by atoms with Crippen LogP contribution in [0.4, 0.5) is 10.5 Å². The summed E-state index contributed by atoms with van der Waals surface area (Å²) in [6.07, 6.45) is 5.02. The molecule has 4 N–H and O–H groups in total. The molecule has 2 amide bonds. The first kappa shape index (κ1) is 89.9. The van der Waals surface area contributed by atoms with Crippen molar-refractivity contribution in [2.24, 2.45) is 0 Å². The van der Waals surface area contributed by atoms with E-state index in [1.807, 2.05) is 77.9 Å². The van der Waals surface area contributed by atoms with Crippen LogP contribution in [-0.4, -0.2) is 174 Å². The highest BCUT2D eigenvalue weighted by atomic mass is 79.9. The molecular formula is C75H87BrCl3N10O19+. The number of hydrogen-bond donors (Lipinski definition) is 4. The number of aryl methyl sites for hydroxylation is 5. The van der Waals surface area contributed by atoms with Crippen LogP contribution in [0, 0.1) is 27.7 Å². The average molecular weight is 1620 g/mol. The van der Waals surface area contributed by atoms with E-state index < -0.39 is 41.8 Å². The largest absolute Gasteiger partial charge is 0.476 e. The molecule has 0 fully saturated rings. The van der Waals surface area contributed by atoms with Gasteiger partial charge in [0, 0.05) is 70.0 Å². The van der Waals surface area contributed by atoms with Crippen LogP contribution in [0.3, 0.4) is 0 Å². The van der Waals surface area contributed by atoms with Crippen molar-refractivity contribution in [1.82, 2.24) is 40.1 Å². The highest BCUT2D eigenvalue weighted by molar-refractivity contribution is 9.08. The molecule has 108 heavy (non-hydrogen) atoms. The number of carbonyl (C=O) groups excluding carboxylic acids is 8. The number of halogens is 4. The van der Waals surface area contributed by atoms with Gasteiger partial charge in [0.25, 0.3) is 0 Å². The molecule has 33 heteroatoms. The van der Waals surface area contributed by atoms with E-state index in [9.17, 15) is 43.6 Å². The summed E-state index contributed by atoms with van der Waals surface area (Å²) >= 11 is 20.7. The zero-order chi connectivity index (χ0) is 80.0. The number of fused-ring (bicyclic) bond motifs is 2. The van der Waals surface area contributed by atoms with E-state index in [0.29, 0.717) is 76.8 Å². The Labute approximate surface area is 649 Å². The number of nitrogens with zero attached hydrogens (tertiary/aromatic N) is 8. The Balaban J connectivity index is 0.000000273. The van der Waals surface area contributed by atoms with Gasteiger partial charge in [-0.2, -0.15) is 0 Å². The molecule has 578 valence electrons. The van der Waals surface area contributed by atoms with E-state index in [0.717, 1.165) is 80.7 Å². The van der Waals surface area contributed by atoms with Gasteiger partial charge in [0.15, 0.2) is 11.4 Å². The number of nitrogens with one attached hydrogen (secondary N) is 2. The van der Waals surface area contributed by atoms with E-state index >= 15 is 0 Å². The number of unbranched alkanes of at least 4 members (excludes halogenated alkanes) is 1. The molecule has 1 aromatic carbocycles. The lowest BCUT2D eigenvalue weighted by Crippen LogP contribution is -2.37. The molecule has 0 unspecified atom stereocenters. The molecule has 0 bridgehead atoms. The quantitative estimate of drug-likeness (QED) is 0.0141. The van der Waals surface area contributed by atoms with Crippen LogP contribution >= 0.6 is 50.7 Å². The van der Waals surface area contributed by atoms with E-state index in [1.165, 1.54) is 47.8 Å². The first-order valence-corrected chi connectivity index (χ1v) is 35.4. The normalized spacial score (nSPS) is 11.4. The highest BCUT2D eigenvalue weighted by Gasteiger charge is 2.25. The zero-order valence-corrected chi connectivity index (χ0v) is 65.8. The number of amides is 2. The second-order valence-corrected chi connectivity index (χ2v) is 25.0. The van der Waals surface area contributed by atoms with Crippen LogP contribution in [0.25, 0.3) is 0 Å². The number of alkyl halides is 1. The van der Waals surface area contributed by atoms with Gasteiger partial charge in [-0.1, -0.05) is 92.7 Å². The third-order valence-electron chi connectivity index (χ3n) is 14.2. The van der Waals surface area contributed by atoms with Crippen LogP contribution in [0.1, 0.15) is 158 Å². The van der Waals surface area contributed by atoms with Crippen molar-refractivity contribution < 1.29 is 96.0 Å². The van der Waals surface area contributed by atoms with Crippen LogP contribution in [0.15, 0.2) is 122 Å². The molecule has 0 saturated carbocycles. The predicted octanol–water partition coefficient (Wildman–Crippen LogP) is 12.1. The Bertz CT molecular complexity index is 4310. The summed E-state index contributed by atoms with van der Waals surface area (Å²) < 4.78 is 44.5. The fourth-order valence-corrected chi connectivity index (χ4v) is 9.80. The summed E-state index contributed by atoms with van der Waals surface area (Å²) in [5.41, 5.74) is 9.62. The summed E-state index contributed by atoms with van der Waals surface area (Å²) in [6.45, 7) is 18.0. The molecule has 2 aliphatic heterocycles. The lowest BCUT2D eigenvalue weighted by molar-refractivity contribution is -0.906. The van der Waals surface area contributed by atoms with Gasteiger partial charge in [-0.3, -0.25) is 5.21 Å². The summed E-state index contributed by atoms with van der Waals surface area (Å²) in [7, 11) is 6.51. The van der Waals surface area contributed by atoms with E-state index in [1.54, 1.807) is 91.7 Å². The number of ether oxygens (including phenoxy) is 9. The monoisotopic (exact) mass is 1620 g/mol. The zero-order valence-electron chi connectivity index (χ0n) is 61.9. The minimum absolute atomic E-state index is 0.114. The number of hydrogen-bond acceptors (Lipinski definition) is 26. The molecule has 29 nitrogen and oxygen atoms in total. The van der Waals surface area contributed by atoms with E-state index in [2.05, 4.69) is 80.2 Å². The van der Waals surface area contributed by atoms with Gasteiger partial charge in [0.05, 0.1) is 60.8 Å². The Morgan fingerprint density at radius 3 is 1.50 bits per heavy atom. The topological polar surface area (TPSA) is 369 Å². The van der Waals surface area contributed by atoms with Crippen LogP contribution in [0.5, 0.6) is 11.8 Å². The van der Waals surface area contributed by atoms with Crippen molar-refractivity contribution in [3.63, 3.8) is 0 Å². The number of carbonyl (C=O) groups is 8. The summed E-state index contributed by atoms with van der Waals surface area (Å²) in [4.78, 5) is 117. The maximum absolute atomic E-state index is 12.6. The average Bonchev–Trinajstić information content (AvgIpc) is 1.63. The molecule has 10 rings (SSSR count). The van der Waals surface area contributed by atoms with E-state index in [4.69, 9.17) is 58.9 Å². The predicted molar refractivity (Wildman–Crippen MR) is 402 cm³/mol. The van der Waals surface area contributed by atoms with Crippen molar-refractivity contribution >= 4 is 104 Å². The van der Waals surface area contributed by atoms with Gasteiger partial charge in [-0.25, -0.2) is 68.3 Å². The van der Waals surface area contributed by atoms with Gasteiger partial charge in [0.2, 0.25) is 18.0 Å². The minimum atomic E-state index is -0.558. The first-order chi connectivity index (χ1) is 51.5. The van der Waals surface area contributed by atoms with Gasteiger partial charge in [-0.15, -0.1) is 0 Å². The number of rotatable bonds is 15. The molecule has 0 atom stereocenters. The summed E-state index contributed by atoms with van der Waals surface area (Å²) in [6, 6.07) is 30.9. The minimum Gasteiger partial charge on any atom is -0.476 e. The molecule has 9 heterocycles. The number of aliphatic hydroxyl groups excluding tert-OH is 1. The number of esters is 7. The molecule has 8 aromatic rings. The lowest BCUT2D eigenvalue weighted by Gasteiger charge is -2.20. The number of benzene rings is 1. The standard InChI is InChI=1S/C20H23N3O4.C12H16N2O3.C11H14ClNO3.C8H7BrClNO2.C8H8ClNO2.C8H10NO3.C8H9NO2/c1-13(2)27-19(24)17-9-6-15-12-23(10-11-26-18(15)22-17)20(25)21-16-7-4-14(3)5-8-16;1-8(2)17-12(15)10-4-3-9-7-13-5-6-16-11(9)14-10;1-16-11(15)9-6-5-8(10(12)13-9)4-2-3-7-14;1-13-8(12)6-3-2-5(4-9)7(10)11-6;1-5-3-4-6(8(11)12-2)10-7(5)9;1-6-3-4-7(8(10)12-2)9(11)5-6;1-6-3-4-7(9-5-6)8(10)11-2/h4-9,13H,10-12H2,1-3H3,(H,21,25);3-4,8,13H,5-7H2,1-2H3;5-6,14H,2-4,7H2,1H3;2-3H,4H2,1H3;3-4H,1-2H3;3-5,11H,1-2H3;3-5H,1-2H3/q;;;;;+1;. The van der Waals surface area contributed by atoms with Gasteiger partial charge in [-0.05, 0) is 158 Å². The van der Waals surface area contributed by atoms with Crippen LogP contribution in [0.2, 0.25) is 15.5 Å². The van der Waals surface area contributed by atoms with Gasteiger partial charge >= 0.3 is 53.5 Å². The third-order valence-corrected chi connectivity index (χ3v) is 15.9. The number of pyridine rings is 7. The number of methoxy groups -OCH3 is 5. The Morgan fingerprint density at radius 2 is 1.01 bits per heavy atom. The van der Waals surface area contributed by atoms with Crippen LogP contribution < -0.4 is 24.8 Å². The van der Waals surface area contributed by atoms with Crippen molar-refractivity contribution in [1.29, 1.82) is 0 Å². The summed E-state index contributed by atoms with van der Waals surface area (Å²) in [5.74, 6) is -2.43. The van der Waals surface area contributed by atoms with Crippen molar-refractivity contribution in [2.75, 3.05) is 73.8 Å². The number of aliphatic hydroxyl groups is 1. The smallest absolute Gasteiger partial charge is 0.408 e. The molecule has 0 aliphatic carbocycles. The lowest BCUT2D eigenvalue weighted by atomic mass is 10.1. The van der Waals surface area contributed by atoms with Crippen molar-refractivity contribution in [3.05, 3.63) is 221 Å². The van der Waals surface area contributed by atoms with Crippen molar-refractivity contribution in [3.8, 4) is 11.8 Å². The van der Waals surface area contributed by atoms with E-state index in [-0.39, 0.29) is 53.3 Å². The van der Waals surface area contributed by atoms with Crippen molar-refractivity contribution in [2.45, 2.75) is 105 Å². The number of urea groups is 1. The second kappa shape index (κ2) is 47.2. The number of aromatic nitrogens is 7. The fourth-order valence-electron chi connectivity index (χ4n) is 8.56. The molecular weight excluding hydrogens is 1530 g/mol. The Hall–Kier alpha value is -10.5. The maximum atomic E-state index is 12.6. The molecule has 7 aromatic heterocycles. The molecule has 2 aliphatic rings. The Morgan fingerprint density at radius 1 is 0.546 bits per heavy atom. The highest BCUT2D eigenvalue weighted by Crippen LogP contribution is 2.25. The molecule has 0 radical (unpaired) electrons. The first-order valence-electron chi connectivity index (χ1n) is 33.2. The maximum Gasteiger partial charge on any atom is 0.408 e.